The summed E-state index contributed by atoms with van der Waals surface area (Å²) in [5.74, 6) is -1.66. The SMILES string of the molecule is Cc1ccc(C(=O)N2CC(=O)Nc3ccc(F)cc3[C@H]2c2ccc(F)cc2)cc1C. The molecular formula is C24H20F2N2O2. The normalized spacial score (nSPS) is 15.9. The quantitative estimate of drug-likeness (QED) is 0.667. The van der Waals surface area contributed by atoms with Gasteiger partial charge in [0.1, 0.15) is 18.2 Å². The van der Waals surface area contributed by atoms with Crippen LogP contribution in [0, 0.1) is 25.5 Å². The number of carbonyl (C=O) groups excluding carboxylic acids is 2. The van der Waals surface area contributed by atoms with Crippen molar-refractivity contribution in [2.45, 2.75) is 19.9 Å². The molecule has 0 saturated heterocycles. The second-order valence-corrected chi connectivity index (χ2v) is 7.47. The van der Waals surface area contributed by atoms with Crippen LogP contribution in [0.25, 0.3) is 0 Å². The fourth-order valence-electron chi connectivity index (χ4n) is 3.71. The maximum Gasteiger partial charge on any atom is 0.255 e. The van der Waals surface area contributed by atoms with Crippen molar-refractivity contribution in [3.63, 3.8) is 0 Å². The molecule has 4 rings (SSSR count). The van der Waals surface area contributed by atoms with E-state index in [1.165, 1.54) is 35.2 Å². The van der Waals surface area contributed by atoms with Crippen LogP contribution in [0.2, 0.25) is 0 Å². The van der Waals surface area contributed by atoms with Crippen LogP contribution in [0.1, 0.15) is 38.7 Å². The lowest BCUT2D eigenvalue weighted by Gasteiger charge is -2.31. The van der Waals surface area contributed by atoms with E-state index < -0.39 is 17.7 Å². The molecular weight excluding hydrogens is 386 g/mol. The Bertz CT molecular complexity index is 1140. The Morgan fingerprint density at radius 3 is 2.33 bits per heavy atom. The third-order valence-electron chi connectivity index (χ3n) is 5.41. The zero-order chi connectivity index (χ0) is 21.4. The molecule has 0 spiro atoms. The Hall–Kier alpha value is -3.54. The first-order chi connectivity index (χ1) is 14.3. The largest absolute Gasteiger partial charge is 0.324 e. The summed E-state index contributed by atoms with van der Waals surface area (Å²) in [7, 11) is 0. The van der Waals surface area contributed by atoms with Crippen molar-refractivity contribution < 1.29 is 18.4 Å². The summed E-state index contributed by atoms with van der Waals surface area (Å²) < 4.78 is 27.7. The maximum absolute atomic E-state index is 14.1. The molecule has 1 aliphatic heterocycles. The molecule has 1 N–H and O–H groups in total. The van der Waals surface area contributed by atoms with E-state index in [0.29, 0.717) is 22.4 Å². The molecule has 6 heteroatoms. The van der Waals surface area contributed by atoms with Crippen molar-refractivity contribution in [3.05, 3.63) is 100 Å². The zero-order valence-corrected chi connectivity index (χ0v) is 16.6. The number of amides is 2. The minimum absolute atomic E-state index is 0.218. The second kappa shape index (κ2) is 7.71. The molecule has 3 aromatic carbocycles. The molecule has 4 nitrogen and oxygen atoms in total. The van der Waals surface area contributed by atoms with Crippen molar-refractivity contribution in [1.82, 2.24) is 4.90 Å². The van der Waals surface area contributed by atoms with Crippen LogP contribution < -0.4 is 5.32 Å². The average molecular weight is 406 g/mol. The highest BCUT2D eigenvalue weighted by Crippen LogP contribution is 2.37. The van der Waals surface area contributed by atoms with Gasteiger partial charge < -0.3 is 10.2 Å². The highest BCUT2D eigenvalue weighted by Gasteiger charge is 2.34. The summed E-state index contributed by atoms with van der Waals surface area (Å²) in [6.07, 6.45) is 0. The maximum atomic E-state index is 14.1. The van der Waals surface area contributed by atoms with Crippen LogP contribution >= 0.6 is 0 Å². The van der Waals surface area contributed by atoms with Crippen molar-refractivity contribution in [2.75, 3.05) is 11.9 Å². The van der Waals surface area contributed by atoms with E-state index in [-0.39, 0.29) is 18.4 Å². The van der Waals surface area contributed by atoms with E-state index in [1.54, 1.807) is 24.3 Å². The number of halogens is 2. The van der Waals surface area contributed by atoms with E-state index in [4.69, 9.17) is 0 Å². The number of fused-ring (bicyclic) bond motifs is 1. The minimum atomic E-state index is -0.760. The predicted octanol–water partition coefficient (Wildman–Crippen LogP) is 4.77. The number of nitrogens with zero attached hydrogens (tertiary/aromatic N) is 1. The van der Waals surface area contributed by atoms with Gasteiger partial charge >= 0.3 is 0 Å². The average Bonchev–Trinajstić information content (AvgIpc) is 2.86. The van der Waals surface area contributed by atoms with Crippen LogP contribution in [0.15, 0.2) is 60.7 Å². The number of anilines is 1. The van der Waals surface area contributed by atoms with E-state index in [9.17, 15) is 18.4 Å². The first kappa shape index (κ1) is 19.8. The van der Waals surface area contributed by atoms with Gasteiger partial charge in [-0.1, -0.05) is 18.2 Å². The predicted molar refractivity (Wildman–Crippen MR) is 110 cm³/mol. The molecule has 152 valence electrons. The smallest absolute Gasteiger partial charge is 0.255 e. The van der Waals surface area contributed by atoms with Gasteiger partial charge in [0.05, 0.1) is 6.04 Å². The van der Waals surface area contributed by atoms with Crippen LogP contribution in [0.4, 0.5) is 14.5 Å². The molecule has 0 aliphatic carbocycles. The first-order valence-electron chi connectivity index (χ1n) is 9.56. The van der Waals surface area contributed by atoms with Gasteiger partial charge in [-0.15, -0.1) is 0 Å². The lowest BCUT2D eigenvalue weighted by Crippen LogP contribution is -2.39. The highest BCUT2D eigenvalue weighted by molar-refractivity contribution is 6.01. The number of nitrogens with one attached hydrogen (secondary N) is 1. The molecule has 1 aliphatic rings. The molecule has 0 radical (unpaired) electrons. The fourth-order valence-corrected chi connectivity index (χ4v) is 3.71. The van der Waals surface area contributed by atoms with Crippen molar-refractivity contribution >= 4 is 17.5 Å². The summed E-state index contributed by atoms with van der Waals surface area (Å²) in [5.41, 5.74) is 3.86. The lowest BCUT2D eigenvalue weighted by molar-refractivity contribution is -0.117. The van der Waals surface area contributed by atoms with Crippen LogP contribution in [0.3, 0.4) is 0 Å². The summed E-state index contributed by atoms with van der Waals surface area (Å²) in [6.45, 7) is 3.64. The monoisotopic (exact) mass is 406 g/mol. The number of benzene rings is 3. The molecule has 0 bridgehead atoms. The van der Waals surface area contributed by atoms with E-state index >= 15 is 0 Å². The molecule has 30 heavy (non-hydrogen) atoms. The molecule has 0 unspecified atom stereocenters. The van der Waals surface area contributed by atoms with Gasteiger partial charge in [-0.05, 0) is 73.0 Å². The zero-order valence-electron chi connectivity index (χ0n) is 16.6. The van der Waals surface area contributed by atoms with E-state index in [2.05, 4.69) is 5.32 Å². The standard InChI is InChI=1S/C24H20F2N2O2/c1-14-3-4-17(11-15(14)2)24(30)28-13-22(29)27-21-10-9-19(26)12-20(21)23(28)16-5-7-18(25)8-6-16/h3-12,23H,13H2,1-2H3,(H,27,29)/t23-/m1/s1. The number of rotatable bonds is 2. The van der Waals surface area contributed by atoms with Gasteiger partial charge in [0, 0.05) is 16.8 Å². The molecule has 2 amide bonds. The number of hydrogen-bond acceptors (Lipinski definition) is 2. The summed E-state index contributed by atoms with van der Waals surface area (Å²) in [6, 6.07) is 14.3. The number of carbonyl (C=O) groups is 2. The fraction of sp³-hybridized carbons (Fsp3) is 0.167. The van der Waals surface area contributed by atoms with E-state index in [1.807, 2.05) is 19.9 Å². The van der Waals surface area contributed by atoms with Crippen LogP contribution in [-0.4, -0.2) is 23.3 Å². The van der Waals surface area contributed by atoms with Gasteiger partial charge in [-0.2, -0.15) is 0 Å². The lowest BCUT2D eigenvalue weighted by atomic mass is 9.94. The summed E-state index contributed by atoms with van der Waals surface area (Å²) in [4.78, 5) is 27.5. The van der Waals surface area contributed by atoms with Crippen molar-refractivity contribution in [3.8, 4) is 0 Å². The van der Waals surface area contributed by atoms with Gasteiger partial charge in [0.15, 0.2) is 0 Å². The molecule has 0 saturated carbocycles. The third-order valence-corrected chi connectivity index (χ3v) is 5.41. The molecule has 1 heterocycles. The summed E-state index contributed by atoms with van der Waals surface area (Å²) >= 11 is 0. The Balaban J connectivity index is 1.89. The van der Waals surface area contributed by atoms with Crippen LogP contribution in [-0.2, 0) is 4.79 Å². The van der Waals surface area contributed by atoms with Gasteiger partial charge in [-0.25, -0.2) is 8.78 Å². The Labute approximate surface area is 173 Å². The minimum Gasteiger partial charge on any atom is -0.324 e. The molecule has 0 fully saturated rings. The van der Waals surface area contributed by atoms with E-state index in [0.717, 1.165) is 11.1 Å². The van der Waals surface area contributed by atoms with Gasteiger partial charge in [0.25, 0.3) is 5.91 Å². The Morgan fingerprint density at radius 2 is 1.63 bits per heavy atom. The van der Waals surface area contributed by atoms with Crippen LogP contribution in [0.5, 0.6) is 0 Å². The summed E-state index contributed by atoms with van der Waals surface area (Å²) in [5, 5.41) is 2.74. The van der Waals surface area contributed by atoms with Gasteiger partial charge in [-0.3, -0.25) is 9.59 Å². The molecule has 1 atom stereocenters. The van der Waals surface area contributed by atoms with Gasteiger partial charge in [0.2, 0.25) is 5.91 Å². The third kappa shape index (κ3) is 3.68. The number of hydrogen-bond donors (Lipinski definition) is 1. The first-order valence-corrected chi connectivity index (χ1v) is 9.56. The highest BCUT2D eigenvalue weighted by atomic mass is 19.1. The Kier molecular flexibility index (Phi) is 5.08. The van der Waals surface area contributed by atoms with Crippen molar-refractivity contribution in [1.29, 1.82) is 0 Å². The molecule has 0 aromatic heterocycles. The second-order valence-electron chi connectivity index (χ2n) is 7.47. The van der Waals surface area contributed by atoms with Crippen molar-refractivity contribution in [2.24, 2.45) is 0 Å². The Morgan fingerprint density at radius 1 is 0.933 bits per heavy atom. The molecule has 3 aromatic rings. The number of aryl methyl sites for hydroxylation is 2. The topological polar surface area (TPSA) is 49.4 Å².